The highest BCUT2D eigenvalue weighted by atomic mass is 79.9. The minimum Gasteiger partial charge on any atom is -0.444 e. The summed E-state index contributed by atoms with van der Waals surface area (Å²) in [6, 6.07) is 5.55. The molecule has 0 fully saturated rings. The van der Waals surface area contributed by atoms with Gasteiger partial charge in [0.15, 0.2) is 10.4 Å². The number of anilines is 1. The van der Waals surface area contributed by atoms with Gasteiger partial charge in [0.25, 0.3) is 5.91 Å². The van der Waals surface area contributed by atoms with E-state index in [1.165, 1.54) is 29.1 Å². The number of furan rings is 1. The van der Waals surface area contributed by atoms with Crippen molar-refractivity contribution < 1.29 is 9.21 Å². The summed E-state index contributed by atoms with van der Waals surface area (Å²) in [5, 5.41) is 13.0. The Bertz CT molecular complexity index is 742. The first-order chi connectivity index (χ1) is 10.7. The third kappa shape index (κ3) is 3.11. The average molecular weight is 379 g/mol. The van der Waals surface area contributed by atoms with Crippen molar-refractivity contribution in [3.05, 3.63) is 38.6 Å². The normalized spacial score (nSPS) is 14.5. The van der Waals surface area contributed by atoms with Crippen LogP contribution >= 0.6 is 27.3 Å². The number of hydrogen-bond acceptors (Lipinski definition) is 4. The van der Waals surface area contributed by atoms with Crippen LogP contribution in [0.5, 0.6) is 0 Å². The van der Waals surface area contributed by atoms with Crippen LogP contribution in [0.3, 0.4) is 0 Å². The number of fused-ring (bicyclic) bond motifs is 1. The fourth-order valence-corrected chi connectivity index (χ4v) is 4.27. The third-order valence-electron chi connectivity index (χ3n) is 3.81. The van der Waals surface area contributed by atoms with Gasteiger partial charge in [0.2, 0.25) is 0 Å². The van der Waals surface area contributed by atoms with Crippen molar-refractivity contribution in [2.75, 3.05) is 5.32 Å². The maximum atomic E-state index is 12.2. The van der Waals surface area contributed by atoms with Crippen LogP contribution in [0.25, 0.3) is 0 Å². The van der Waals surface area contributed by atoms with E-state index in [0.717, 1.165) is 31.2 Å². The van der Waals surface area contributed by atoms with Crippen molar-refractivity contribution in [2.24, 2.45) is 0 Å². The van der Waals surface area contributed by atoms with Crippen molar-refractivity contribution in [2.45, 2.75) is 38.5 Å². The highest BCUT2D eigenvalue weighted by molar-refractivity contribution is 9.10. The molecule has 2 heterocycles. The number of amides is 1. The zero-order chi connectivity index (χ0) is 15.5. The van der Waals surface area contributed by atoms with E-state index in [0.29, 0.717) is 15.2 Å². The third-order valence-corrected chi connectivity index (χ3v) is 5.44. The lowest BCUT2D eigenvalue weighted by Crippen LogP contribution is -2.10. The molecular formula is C16H15BrN2O2S. The van der Waals surface area contributed by atoms with Crippen molar-refractivity contribution in [3.63, 3.8) is 0 Å². The van der Waals surface area contributed by atoms with Gasteiger partial charge in [0, 0.05) is 4.88 Å². The summed E-state index contributed by atoms with van der Waals surface area (Å²) >= 11 is 4.71. The highest BCUT2D eigenvalue weighted by Crippen LogP contribution is 2.36. The molecule has 114 valence electrons. The molecule has 0 aliphatic heterocycles. The number of thiophene rings is 1. The molecule has 1 amide bonds. The van der Waals surface area contributed by atoms with Crippen LogP contribution in [0.15, 0.2) is 21.2 Å². The number of carbonyl (C=O) groups excluding carboxylic acids is 1. The minimum atomic E-state index is -0.323. The maximum Gasteiger partial charge on any atom is 0.292 e. The van der Waals surface area contributed by atoms with Gasteiger partial charge in [-0.2, -0.15) is 5.26 Å². The van der Waals surface area contributed by atoms with Gasteiger partial charge < -0.3 is 9.73 Å². The lowest BCUT2D eigenvalue weighted by molar-refractivity contribution is 0.0996. The highest BCUT2D eigenvalue weighted by Gasteiger charge is 2.21. The zero-order valence-electron chi connectivity index (χ0n) is 11.9. The smallest absolute Gasteiger partial charge is 0.292 e. The van der Waals surface area contributed by atoms with Crippen LogP contribution in [0.1, 0.15) is 52.2 Å². The minimum absolute atomic E-state index is 0.233. The topological polar surface area (TPSA) is 66.0 Å². The fourth-order valence-electron chi connectivity index (χ4n) is 2.73. The first-order valence-corrected chi connectivity index (χ1v) is 8.91. The second kappa shape index (κ2) is 6.67. The maximum absolute atomic E-state index is 12.2. The number of aryl methyl sites for hydroxylation is 1. The van der Waals surface area contributed by atoms with E-state index in [1.54, 1.807) is 12.1 Å². The molecule has 3 rings (SSSR count). The first kappa shape index (κ1) is 15.3. The monoisotopic (exact) mass is 378 g/mol. The van der Waals surface area contributed by atoms with Crippen LogP contribution in [-0.4, -0.2) is 5.91 Å². The Kier molecular flexibility index (Phi) is 4.65. The molecule has 6 heteroatoms. The van der Waals surface area contributed by atoms with Crippen LogP contribution in [0.4, 0.5) is 5.00 Å². The number of nitrogens with one attached hydrogen (secondary N) is 1. The second-order valence-electron chi connectivity index (χ2n) is 5.29. The van der Waals surface area contributed by atoms with Gasteiger partial charge in [0.05, 0.1) is 5.56 Å². The molecule has 0 unspecified atom stereocenters. The Morgan fingerprint density at radius 2 is 2.05 bits per heavy atom. The van der Waals surface area contributed by atoms with Crippen LogP contribution in [0.2, 0.25) is 0 Å². The predicted octanol–water partition coefficient (Wildman–Crippen LogP) is 4.89. The molecule has 22 heavy (non-hydrogen) atoms. The molecule has 0 aromatic carbocycles. The first-order valence-electron chi connectivity index (χ1n) is 7.30. The fraction of sp³-hybridized carbons (Fsp3) is 0.375. The molecule has 0 spiro atoms. The number of nitriles is 1. The molecule has 4 nitrogen and oxygen atoms in total. The lowest BCUT2D eigenvalue weighted by Gasteiger charge is -2.08. The van der Waals surface area contributed by atoms with Crippen LogP contribution in [-0.2, 0) is 12.8 Å². The number of hydrogen-bond donors (Lipinski definition) is 1. The van der Waals surface area contributed by atoms with Gasteiger partial charge in [-0.05, 0) is 59.3 Å². The zero-order valence-corrected chi connectivity index (χ0v) is 14.3. The predicted molar refractivity (Wildman–Crippen MR) is 89.3 cm³/mol. The van der Waals surface area contributed by atoms with E-state index < -0.39 is 0 Å². The summed E-state index contributed by atoms with van der Waals surface area (Å²) in [4.78, 5) is 13.5. The Hall–Kier alpha value is -1.58. The Balaban J connectivity index is 1.89. The largest absolute Gasteiger partial charge is 0.444 e. The Labute approximate surface area is 141 Å². The van der Waals surface area contributed by atoms with Crippen molar-refractivity contribution in [1.82, 2.24) is 0 Å². The van der Waals surface area contributed by atoms with Crippen molar-refractivity contribution in [1.29, 1.82) is 5.26 Å². The van der Waals surface area contributed by atoms with Gasteiger partial charge in [-0.25, -0.2) is 0 Å². The van der Waals surface area contributed by atoms with E-state index >= 15 is 0 Å². The van der Waals surface area contributed by atoms with E-state index in [2.05, 4.69) is 27.3 Å². The summed E-state index contributed by atoms with van der Waals surface area (Å²) in [5.74, 6) is -0.0898. The van der Waals surface area contributed by atoms with Crippen LogP contribution < -0.4 is 5.32 Å². The summed E-state index contributed by atoms with van der Waals surface area (Å²) in [6.07, 6.45) is 6.63. The van der Waals surface area contributed by atoms with Gasteiger partial charge >= 0.3 is 0 Å². The van der Waals surface area contributed by atoms with Gasteiger partial charge in [-0.15, -0.1) is 11.3 Å². The number of halogens is 1. The van der Waals surface area contributed by atoms with Crippen molar-refractivity contribution >= 4 is 38.2 Å². The molecule has 0 bridgehead atoms. The summed E-state index contributed by atoms with van der Waals surface area (Å²) in [6.45, 7) is 0. The molecule has 2 aromatic rings. The number of rotatable bonds is 2. The van der Waals surface area contributed by atoms with Gasteiger partial charge in [-0.3, -0.25) is 4.79 Å². The molecule has 0 saturated carbocycles. The van der Waals surface area contributed by atoms with E-state index in [-0.39, 0.29) is 11.7 Å². The summed E-state index contributed by atoms with van der Waals surface area (Å²) in [7, 11) is 0. The Morgan fingerprint density at radius 1 is 1.27 bits per heavy atom. The molecule has 2 aromatic heterocycles. The molecular weight excluding hydrogens is 364 g/mol. The summed E-state index contributed by atoms with van der Waals surface area (Å²) < 4.78 is 5.77. The quantitative estimate of drug-likeness (QED) is 0.808. The van der Waals surface area contributed by atoms with Gasteiger partial charge in [0.1, 0.15) is 11.1 Å². The van der Waals surface area contributed by atoms with E-state index in [4.69, 9.17) is 4.42 Å². The molecule has 0 radical (unpaired) electrons. The molecule has 1 N–H and O–H groups in total. The van der Waals surface area contributed by atoms with Crippen molar-refractivity contribution in [3.8, 4) is 6.07 Å². The van der Waals surface area contributed by atoms with E-state index in [1.807, 2.05) is 0 Å². The number of nitrogens with zero attached hydrogens (tertiary/aromatic N) is 1. The SMILES string of the molecule is N#Cc1c(NC(=O)c2ccc(Br)o2)sc2c1CCCCCC2. The standard InChI is InChI=1S/C16H15BrN2O2S/c17-14-8-7-12(21-14)15(20)19-16-11(9-18)10-5-3-1-2-4-6-13(10)22-16/h7-8H,1-6H2,(H,19,20). The molecule has 0 atom stereocenters. The lowest BCUT2D eigenvalue weighted by atomic mass is 9.97. The van der Waals surface area contributed by atoms with Gasteiger partial charge in [-0.1, -0.05) is 12.8 Å². The molecule has 1 aliphatic rings. The average Bonchev–Trinajstić information content (AvgIpc) is 3.03. The van der Waals surface area contributed by atoms with E-state index in [9.17, 15) is 10.1 Å². The second-order valence-corrected chi connectivity index (χ2v) is 7.18. The Morgan fingerprint density at radius 3 is 2.73 bits per heavy atom. The number of carbonyl (C=O) groups is 1. The van der Waals surface area contributed by atoms with Crippen LogP contribution in [0, 0.1) is 11.3 Å². The molecule has 0 saturated heterocycles. The summed E-state index contributed by atoms with van der Waals surface area (Å²) in [5.41, 5.74) is 1.75. The molecule has 1 aliphatic carbocycles.